The fourth-order valence-electron chi connectivity index (χ4n) is 1.38. The zero-order chi connectivity index (χ0) is 14.3. The van der Waals surface area contributed by atoms with Crippen molar-refractivity contribution in [1.82, 2.24) is 5.32 Å². The van der Waals surface area contributed by atoms with Crippen LogP contribution >= 0.6 is 0 Å². The third-order valence-corrected chi connectivity index (χ3v) is 2.85. The SMILES string of the molecule is CC(C)NC(C)C.Cc1ccc(S(=O)(=O)O)cc1. The molecule has 1 aromatic carbocycles. The highest BCUT2D eigenvalue weighted by molar-refractivity contribution is 7.85. The summed E-state index contributed by atoms with van der Waals surface area (Å²) in [5.41, 5.74) is 0.956. The summed E-state index contributed by atoms with van der Waals surface area (Å²) in [4.78, 5) is -0.0666. The third kappa shape index (κ3) is 8.22. The monoisotopic (exact) mass is 273 g/mol. The van der Waals surface area contributed by atoms with E-state index in [9.17, 15) is 8.42 Å². The van der Waals surface area contributed by atoms with Crippen LogP contribution in [0, 0.1) is 6.92 Å². The van der Waals surface area contributed by atoms with E-state index in [1.165, 1.54) is 12.1 Å². The van der Waals surface area contributed by atoms with Gasteiger partial charge in [-0.3, -0.25) is 4.55 Å². The van der Waals surface area contributed by atoms with Gasteiger partial charge in [0.2, 0.25) is 0 Å². The fraction of sp³-hybridized carbons (Fsp3) is 0.538. The van der Waals surface area contributed by atoms with E-state index in [4.69, 9.17) is 4.55 Å². The van der Waals surface area contributed by atoms with Crippen LogP contribution in [0.4, 0.5) is 0 Å². The predicted molar refractivity (Wildman–Crippen MR) is 74.4 cm³/mol. The van der Waals surface area contributed by atoms with E-state index in [0.29, 0.717) is 12.1 Å². The van der Waals surface area contributed by atoms with Gasteiger partial charge in [0.05, 0.1) is 4.90 Å². The lowest BCUT2D eigenvalue weighted by molar-refractivity contribution is 0.483. The van der Waals surface area contributed by atoms with E-state index in [-0.39, 0.29) is 4.90 Å². The van der Waals surface area contributed by atoms with Crippen molar-refractivity contribution < 1.29 is 13.0 Å². The van der Waals surface area contributed by atoms with Crippen LogP contribution in [0.3, 0.4) is 0 Å². The molecule has 0 saturated carbocycles. The number of aryl methyl sites for hydroxylation is 1. The van der Waals surface area contributed by atoms with Crippen molar-refractivity contribution in [2.24, 2.45) is 0 Å². The van der Waals surface area contributed by atoms with E-state index >= 15 is 0 Å². The predicted octanol–water partition coefficient (Wildman–Crippen LogP) is 2.63. The van der Waals surface area contributed by atoms with Crippen LogP contribution in [-0.4, -0.2) is 25.1 Å². The van der Waals surface area contributed by atoms with Crippen molar-refractivity contribution in [3.63, 3.8) is 0 Å². The van der Waals surface area contributed by atoms with Gasteiger partial charge in [0.15, 0.2) is 0 Å². The summed E-state index contributed by atoms with van der Waals surface area (Å²) in [7, 11) is -4.02. The molecule has 0 unspecified atom stereocenters. The Balaban J connectivity index is 0.000000360. The first-order valence-electron chi connectivity index (χ1n) is 5.93. The van der Waals surface area contributed by atoms with Crippen molar-refractivity contribution >= 4 is 10.1 Å². The molecule has 2 N–H and O–H groups in total. The Hall–Kier alpha value is -0.910. The smallest absolute Gasteiger partial charge is 0.294 e. The van der Waals surface area contributed by atoms with E-state index in [1.54, 1.807) is 12.1 Å². The lowest BCUT2D eigenvalue weighted by Crippen LogP contribution is -2.29. The quantitative estimate of drug-likeness (QED) is 0.831. The van der Waals surface area contributed by atoms with Gasteiger partial charge in [-0.1, -0.05) is 45.4 Å². The lowest BCUT2D eigenvalue weighted by Gasteiger charge is -2.10. The van der Waals surface area contributed by atoms with E-state index in [0.717, 1.165) is 5.56 Å². The molecule has 1 aromatic rings. The Bertz CT molecular complexity index is 430. The molecule has 0 atom stereocenters. The number of benzene rings is 1. The topological polar surface area (TPSA) is 66.4 Å². The molecule has 5 heteroatoms. The summed E-state index contributed by atoms with van der Waals surface area (Å²) in [5, 5.41) is 3.31. The van der Waals surface area contributed by atoms with Crippen molar-refractivity contribution in [1.29, 1.82) is 0 Å². The molecule has 0 amide bonds. The highest BCUT2D eigenvalue weighted by atomic mass is 32.2. The van der Waals surface area contributed by atoms with Crippen molar-refractivity contribution in [3.8, 4) is 0 Å². The van der Waals surface area contributed by atoms with E-state index < -0.39 is 10.1 Å². The van der Waals surface area contributed by atoms with E-state index in [1.807, 2.05) is 6.92 Å². The Morgan fingerprint density at radius 3 is 1.61 bits per heavy atom. The Morgan fingerprint density at radius 1 is 1.00 bits per heavy atom. The van der Waals surface area contributed by atoms with Crippen molar-refractivity contribution in [2.45, 2.75) is 51.6 Å². The zero-order valence-electron chi connectivity index (χ0n) is 11.6. The Labute approximate surface area is 110 Å². The molecule has 0 aliphatic carbocycles. The Kier molecular flexibility index (Phi) is 7.13. The summed E-state index contributed by atoms with van der Waals surface area (Å²) in [6.07, 6.45) is 0. The van der Waals surface area contributed by atoms with E-state index in [2.05, 4.69) is 33.0 Å². The molecular weight excluding hydrogens is 250 g/mol. The molecule has 104 valence electrons. The molecule has 0 aliphatic rings. The van der Waals surface area contributed by atoms with Crippen LogP contribution in [0.2, 0.25) is 0 Å². The molecule has 0 aromatic heterocycles. The summed E-state index contributed by atoms with van der Waals surface area (Å²) >= 11 is 0. The zero-order valence-corrected chi connectivity index (χ0v) is 12.5. The minimum absolute atomic E-state index is 0.0666. The largest absolute Gasteiger partial charge is 0.312 e. The standard InChI is InChI=1S/C7H8O3S.C6H15N/c1-6-2-4-7(5-3-6)11(8,9)10;1-5(2)7-6(3)4/h2-5H,1H3,(H,8,9,10);5-7H,1-4H3. The first-order chi connectivity index (χ1) is 8.12. The summed E-state index contributed by atoms with van der Waals surface area (Å²) < 4.78 is 29.6. The second kappa shape index (κ2) is 7.51. The summed E-state index contributed by atoms with van der Waals surface area (Å²) in [5.74, 6) is 0. The van der Waals surface area contributed by atoms with Gasteiger partial charge >= 0.3 is 0 Å². The number of rotatable bonds is 3. The normalized spacial score (nSPS) is 11.3. The van der Waals surface area contributed by atoms with Gasteiger partial charge < -0.3 is 5.32 Å². The van der Waals surface area contributed by atoms with Gasteiger partial charge in [-0.05, 0) is 19.1 Å². The molecule has 18 heavy (non-hydrogen) atoms. The third-order valence-electron chi connectivity index (χ3n) is 1.99. The minimum Gasteiger partial charge on any atom is -0.312 e. The minimum atomic E-state index is -4.02. The summed E-state index contributed by atoms with van der Waals surface area (Å²) in [6.45, 7) is 10.5. The maximum atomic E-state index is 10.5. The van der Waals surface area contributed by atoms with Gasteiger partial charge in [-0.2, -0.15) is 8.42 Å². The first kappa shape index (κ1) is 17.1. The van der Waals surface area contributed by atoms with Crippen molar-refractivity contribution in [2.75, 3.05) is 0 Å². The second-order valence-electron chi connectivity index (χ2n) is 4.76. The average molecular weight is 273 g/mol. The maximum Gasteiger partial charge on any atom is 0.294 e. The average Bonchev–Trinajstić information content (AvgIpc) is 2.15. The van der Waals surface area contributed by atoms with Crippen LogP contribution in [0.1, 0.15) is 33.3 Å². The van der Waals surface area contributed by atoms with Gasteiger partial charge in [-0.25, -0.2) is 0 Å². The first-order valence-corrected chi connectivity index (χ1v) is 7.37. The number of hydrogen-bond donors (Lipinski definition) is 2. The molecular formula is C13H23NO3S. The van der Waals surface area contributed by atoms with Crippen LogP contribution in [-0.2, 0) is 10.1 Å². The van der Waals surface area contributed by atoms with Crippen LogP contribution in [0.5, 0.6) is 0 Å². The molecule has 0 aliphatic heterocycles. The molecule has 1 rings (SSSR count). The number of hydrogen-bond acceptors (Lipinski definition) is 3. The fourth-order valence-corrected chi connectivity index (χ4v) is 1.86. The molecule has 0 fully saturated rings. The molecule has 4 nitrogen and oxygen atoms in total. The molecule has 0 spiro atoms. The van der Waals surface area contributed by atoms with Crippen LogP contribution in [0.15, 0.2) is 29.2 Å². The summed E-state index contributed by atoms with van der Waals surface area (Å²) in [6, 6.07) is 7.24. The molecule has 0 heterocycles. The van der Waals surface area contributed by atoms with Gasteiger partial charge in [0.1, 0.15) is 0 Å². The second-order valence-corrected chi connectivity index (χ2v) is 6.19. The highest BCUT2D eigenvalue weighted by Gasteiger charge is 2.06. The molecule has 0 saturated heterocycles. The van der Waals surface area contributed by atoms with Crippen LogP contribution in [0.25, 0.3) is 0 Å². The molecule has 0 radical (unpaired) electrons. The number of nitrogens with one attached hydrogen (secondary N) is 1. The molecule has 0 bridgehead atoms. The Morgan fingerprint density at radius 2 is 1.39 bits per heavy atom. The van der Waals surface area contributed by atoms with Crippen LogP contribution < -0.4 is 5.32 Å². The van der Waals surface area contributed by atoms with Crippen molar-refractivity contribution in [3.05, 3.63) is 29.8 Å². The van der Waals surface area contributed by atoms with Gasteiger partial charge in [-0.15, -0.1) is 0 Å². The van der Waals surface area contributed by atoms with Gasteiger partial charge in [0.25, 0.3) is 10.1 Å². The maximum absolute atomic E-state index is 10.5. The van der Waals surface area contributed by atoms with Gasteiger partial charge in [0, 0.05) is 12.1 Å². The lowest BCUT2D eigenvalue weighted by atomic mass is 10.2. The highest BCUT2D eigenvalue weighted by Crippen LogP contribution is 2.08.